The molecule has 1 aromatic rings. The Labute approximate surface area is 132 Å². The van der Waals surface area contributed by atoms with Crippen LogP contribution in [0, 0.1) is 16.0 Å². The summed E-state index contributed by atoms with van der Waals surface area (Å²) in [5, 5.41) is 20.7. The first-order valence-electron chi connectivity index (χ1n) is 7.45. The Morgan fingerprint density at radius 3 is 2.78 bits per heavy atom. The molecule has 2 unspecified atom stereocenters. The Hall–Kier alpha value is -1.80. The highest BCUT2D eigenvalue weighted by Gasteiger charge is 2.26. The molecule has 6 nitrogen and oxygen atoms in total. The Balaban J connectivity index is 2.11. The minimum atomic E-state index is -2.99. The maximum atomic E-state index is 12.5. The van der Waals surface area contributed by atoms with E-state index >= 15 is 0 Å². The lowest BCUT2D eigenvalue weighted by Gasteiger charge is -2.24. The third-order valence-corrected chi connectivity index (χ3v) is 4.08. The summed E-state index contributed by atoms with van der Waals surface area (Å²) in [6.07, 6.45) is 2.31. The third-order valence-electron chi connectivity index (χ3n) is 4.08. The van der Waals surface area contributed by atoms with Crippen LogP contribution in [0.2, 0.25) is 0 Å². The van der Waals surface area contributed by atoms with Crippen LogP contribution in [0.4, 0.5) is 14.5 Å². The zero-order chi connectivity index (χ0) is 17.0. The molecule has 2 rings (SSSR count). The van der Waals surface area contributed by atoms with Gasteiger partial charge in [0.2, 0.25) is 0 Å². The van der Waals surface area contributed by atoms with Crippen LogP contribution in [0.1, 0.15) is 24.8 Å². The van der Waals surface area contributed by atoms with Crippen molar-refractivity contribution in [2.75, 3.05) is 13.6 Å². The molecule has 0 spiro atoms. The maximum Gasteiger partial charge on any atom is 0.387 e. The lowest BCUT2D eigenvalue weighted by molar-refractivity contribution is -0.385. The van der Waals surface area contributed by atoms with Crippen molar-refractivity contribution < 1.29 is 23.5 Å². The van der Waals surface area contributed by atoms with Crippen LogP contribution in [0.15, 0.2) is 18.2 Å². The molecule has 1 aromatic carbocycles. The normalized spacial score (nSPS) is 21.1. The molecular weight excluding hydrogens is 310 g/mol. The van der Waals surface area contributed by atoms with Gasteiger partial charge in [0.1, 0.15) is 5.75 Å². The molecule has 1 aliphatic carbocycles. The Morgan fingerprint density at radius 1 is 1.48 bits per heavy atom. The molecule has 1 aliphatic rings. The van der Waals surface area contributed by atoms with Crippen molar-refractivity contribution >= 4 is 5.69 Å². The monoisotopic (exact) mass is 330 g/mol. The molecule has 8 heteroatoms. The summed E-state index contributed by atoms with van der Waals surface area (Å²) in [4.78, 5) is 12.1. The molecule has 1 saturated carbocycles. The zero-order valence-electron chi connectivity index (χ0n) is 12.8. The maximum absolute atomic E-state index is 12.5. The summed E-state index contributed by atoms with van der Waals surface area (Å²) >= 11 is 0. The van der Waals surface area contributed by atoms with Gasteiger partial charge in [0.05, 0.1) is 11.0 Å². The number of benzene rings is 1. The van der Waals surface area contributed by atoms with Crippen LogP contribution >= 0.6 is 0 Å². The van der Waals surface area contributed by atoms with Crippen molar-refractivity contribution in [3.05, 3.63) is 33.9 Å². The average molecular weight is 330 g/mol. The highest BCUT2D eigenvalue weighted by molar-refractivity contribution is 5.43. The van der Waals surface area contributed by atoms with Crippen LogP contribution in [0.5, 0.6) is 5.75 Å². The molecule has 0 aliphatic heterocycles. The number of aliphatic hydroxyl groups excluding tert-OH is 1. The highest BCUT2D eigenvalue weighted by atomic mass is 19.3. The quantitative estimate of drug-likeness (QED) is 0.614. The van der Waals surface area contributed by atoms with Gasteiger partial charge in [0.25, 0.3) is 5.69 Å². The van der Waals surface area contributed by atoms with E-state index in [-0.39, 0.29) is 30.0 Å². The second-order valence-electron chi connectivity index (χ2n) is 5.88. The first-order valence-corrected chi connectivity index (χ1v) is 7.45. The van der Waals surface area contributed by atoms with Crippen molar-refractivity contribution in [3.8, 4) is 5.75 Å². The fourth-order valence-corrected chi connectivity index (χ4v) is 3.00. The molecule has 0 aromatic heterocycles. The minimum absolute atomic E-state index is 0.0654. The number of halogens is 2. The topological polar surface area (TPSA) is 75.8 Å². The predicted molar refractivity (Wildman–Crippen MR) is 79.4 cm³/mol. The Morgan fingerprint density at radius 2 is 2.22 bits per heavy atom. The van der Waals surface area contributed by atoms with Crippen molar-refractivity contribution in [2.45, 2.75) is 38.5 Å². The average Bonchev–Trinajstić information content (AvgIpc) is 2.85. The fourth-order valence-electron chi connectivity index (χ4n) is 3.00. The molecule has 0 amide bonds. The summed E-state index contributed by atoms with van der Waals surface area (Å²) in [5.41, 5.74) is 0.158. The molecule has 2 atom stereocenters. The number of ether oxygens (including phenoxy) is 1. The number of hydrogen-bond donors (Lipinski definition) is 1. The predicted octanol–water partition coefficient (Wildman–Crippen LogP) is 2.79. The highest BCUT2D eigenvalue weighted by Crippen LogP contribution is 2.29. The number of hydrogen-bond acceptors (Lipinski definition) is 5. The standard InChI is InChI=1S/C15H20F2N2O4/c1-18(8-10-3-2-4-13(10)20)9-11-7-12(19(21)22)5-6-14(11)23-15(16)17/h5-7,10,13,15,20H,2-4,8-9H2,1H3. The van der Waals surface area contributed by atoms with Crippen molar-refractivity contribution in [1.82, 2.24) is 4.90 Å². The number of alkyl halides is 2. The van der Waals surface area contributed by atoms with Gasteiger partial charge in [-0.1, -0.05) is 6.42 Å². The number of non-ortho nitro benzene ring substituents is 1. The van der Waals surface area contributed by atoms with Gasteiger partial charge >= 0.3 is 6.61 Å². The van der Waals surface area contributed by atoms with Gasteiger partial charge in [-0.2, -0.15) is 8.78 Å². The van der Waals surface area contributed by atoms with Crippen LogP contribution in [-0.2, 0) is 6.54 Å². The number of rotatable bonds is 7. The fraction of sp³-hybridized carbons (Fsp3) is 0.600. The molecule has 0 heterocycles. The van der Waals surface area contributed by atoms with Gasteiger partial charge in [-0.3, -0.25) is 10.1 Å². The largest absolute Gasteiger partial charge is 0.434 e. The van der Waals surface area contributed by atoms with E-state index in [1.807, 2.05) is 4.90 Å². The van der Waals surface area contributed by atoms with E-state index in [1.165, 1.54) is 12.1 Å². The van der Waals surface area contributed by atoms with Crippen LogP contribution in [0.3, 0.4) is 0 Å². The Bertz CT molecular complexity index is 556. The molecule has 23 heavy (non-hydrogen) atoms. The summed E-state index contributed by atoms with van der Waals surface area (Å²) in [7, 11) is 1.79. The van der Waals surface area contributed by atoms with Gasteiger partial charge in [-0.05, 0) is 31.9 Å². The van der Waals surface area contributed by atoms with Gasteiger partial charge in [0, 0.05) is 30.8 Å². The summed E-state index contributed by atoms with van der Waals surface area (Å²) in [5.74, 6) is 0.0718. The molecule has 1 N–H and O–H groups in total. The second-order valence-corrected chi connectivity index (χ2v) is 5.88. The van der Waals surface area contributed by atoms with E-state index < -0.39 is 11.5 Å². The SMILES string of the molecule is CN(Cc1cc([N+](=O)[O-])ccc1OC(F)F)CC1CCCC1O. The molecule has 1 fully saturated rings. The van der Waals surface area contributed by atoms with E-state index in [0.717, 1.165) is 25.3 Å². The van der Waals surface area contributed by atoms with E-state index in [1.54, 1.807) is 7.05 Å². The van der Waals surface area contributed by atoms with E-state index in [0.29, 0.717) is 12.1 Å². The van der Waals surface area contributed by atoms with Crippen molar-refractivity contribution in [3.63, 3.8) is 0 Å². The number of nitrogens with zero attached hydrogens (tertiary/aromatic N) is 2. The van der Waals surface area contributed by atoms with Gasteiger partial charge in [-0.25, -0.2) is 0 Å². The lowest BCUT2D eigenvalue weighted by Crippen LogP contribution is -2.29. The Kier molecular flexibility index (Phi) is 5.84. The van der Waals surface area contributed by atoms with Gasteiger partial charge in [-0.15, -0.1) is 0 Å². The molecule has 128 valence electrons. The number of aliphatic hydroxyl groups is 1. The molecule has 0 radical (unpaired) electrons. The molecular formula is C15H20F2N2O4. The summed E-state index contributed by atoms with van der Waals surface area (Å²) in [6, 6.07) is 3.58. The first-order chi connectivity index (χ1) is 10.9. The summed E-state index contributed by atoms with van der Waals surface area (Å²) < 4.78 is 29.4. The van der Waals surface area contributed by atoms with Crippen LogP contribution < -0.4 is 4.74 Å². The van der Waals surface area contributed by atoms with Crippen LogP contribution in [0.25, 0.3) is 0 Å². The lowest BCUT2D eigenvalue weighted by atomic mass is 10.1. The third kappa shape index (κ3) is 4.84. The molecule has 0 saturated heterocycles. The van der Waals surface area contributed by atoms with Crippen LogP contribution in [-0.4, -0.2) is 41.2 Å². The summed E-state index contributed by atoms with van der Waals surface area (Å²) in [6.45, 7) is -2.16. The van der Waals surface area contributed by atoms with Crippen molar-refractivity contribution in [1.29, 1.82) is 0 Å². The van der Waals surface area contributed by atoms with E-state index in [9.17, 15) is 24.0 Å². The number of nitro groups is 1. The van der Waals surface area contributed by atoms with E-state index in [2.05, 4.69) is 4.74 Å². The molecule has 0 bridgehead atoms. The van der Waals surface area contributed by atoms with Crippen molar-refractivity contribution in [2.24, 2.45) is 5.92 Å². The first kappa shape index (κ1) is 17.6. The van der Waals surface area contributed by atoms with Gasteiger partial charge in [0.15, 0.2) is 0 Å². The number of nitro benzene ring substituents is 1. The minimum Gasteiger partial charge on any atom is -0.434 e. The van der Waals surface area contributed by atoms with E-state index in [4.69, 9.17) is 0 Å². The second kappa shape index (κ2) is 7.65. The smallest absolute Gasteiger partial charge is 0.387 e. The van der Waals surface area contributed by atoms with Gasteiger partial charge < -0.3 is 14.7 Å². The zero-order valence-corrected chi connectivity index (χ0v) is 12.8.